The standard InChI is InChI=1S/C19H18ClNO5/c1-25-18(23)13-6-9-15(19(24)26-2)16(11-13)21-17(22)10-5-12-3-7-14(20)8-4-12/h3-4,6-9,11H,5,10H2,1-2H3,(H,21,22). The van der Waals surface area contributed by atoms with Gasteiger partial charge >= 0.3 is 11.9 Å². The van der Waals surface area contributed by atoms with Crippen molar-refractivity contribution in [1.82, 2.24) is 0 Å². The van der Waals surface area contributed by atoms with Gasteiger partial charge in [0.2, 0.25) is 5.91 Å². The van der Waals surface area contributed by atoms with Crippen LogP contribution >= 0.6 is 11.6 Å². The number of carbonyl (C=O) groups excluding carboxylic acids is 3. The Bertz CT molecular complexity index is 817. The average molecular weight is 376 g/mol. The number of hydrogen-bond donors (Lipinski definition) is 1. The molecule has 0 bridgehead atoms. The molecule has 1 amide bonds. The second kappa shape index (κ2) is 9.01. The molecule has 2 rings (SSSR count). The number of rotatable bonds is 6. The van der Waals surface area contributed by atoms with Gasteiger partial charge in [-0.05, 0) is 42.3 Å². The lowest BCUT2D eigenvalue weighted by Crippen LogP contribution is -2.16. The molecule has 2 aromatic carbocycles. The summed E-state index contributed by atoms with van der Waals surface area (Å²) in [6, 6.07) is 11.4. The maximum Gasteiger partial charge on any atom is 0.339 e. The summed E-state index contributed by atoms with van der Waals surface area (Å²) in [6.07, 6.45) is 0.706. The molecule has 0 aliphatic carbocycles. The van der Waals surface area contributed by atoms with E-state index in [1.165, 1.54) is 32.4 Å². The Morgan fingerprint density at radius 1 is 0.962 bits per heavy atom. The van der Waals surface area contributed by atoms with Crippen molar-refractivity contribution < 1.29 is 23.9 Å². The molecular weight excluding hydrogens is 358 g/mol. The molecule has 136 valence electrons. The van der Waals surface area contributed by atoms with Gasteiger partial charge in [-0.15, -0.1) is 0 Å². The summed E-state index contributed by atoms with van der Waals surface area (Å²) in [5, 5.41) is 3.28. The third kappa shape index (κ3) is 5.07. The van der Waals surface area contributed by atoms with Crippen LogP contribution < -0.4 is 5.32 Å². The van der Waals surface area contributed by atoms with E-state index in [2.05, 4.69) is 10.1 Å². The third-order valence-electron chi connectivity index (χ3n) is 3.67. The van der Waals surface area contributed by atoms with Gasteiger partial charge in [0.25, 0.3) is 0 Å². The summed E-state index contributed by atoms with van der Waals surface area (Å²) in [6.45, 7) is 0. The van der Waals surface area contributed by atoms with Gasteiger partial charge in [0.1, 0.15) is 0 Å². The van der Waals surface area contributed by atoms with Crippen molar-refractivity contribution in [2.75, 3.05) is 19.5 Å². The van der Waals surface area contributed by atoms with Crippen LogP contribution in [0, 0.1) is 0 Å². The molecule has 0 aliphatic rings. The molecule has 0 atom stereocenters. The minimum atomic E-state index is -0.616. The topological polar surface area (TPSA) is 81.7 Å². The summed E-state index contributed by atoms with van der Waals surface area (Å²) in [5.41, 5.74) is 1.52. The van der Waals surface area contributed by atoms with Crippen LogP contribution in [0.4, 0.5) is 5.69 Å². The van der Waals surface area contributed by atoms with E-state index in [0.717, 1.165) is 5.56 Å². The smallest absolute Gasteiger partial charge is 0.339 e. The van der Waals surface area contributed by atoms with Gasteiger partial charge in [0.15, 0.2) is 0 Å². The van der Waals surface area contributed by atoms with Crippen molar-refractivity contribution in [2.24, 2.45) is 0 Å². The van der Waals surface area contributed by atoms with E-state index in [1.54, 1.807) is 12.1 Å². The third-order valence-corrected chi connectivity index (χ3v) is 3.93. The van der Waals surface area contributed by atoms with Crippen molar-refractivity contribution >= 4 is 35.1 Å². The van der Waals surface area contributed by atoms with E-state index in [-0.39, 0.29) is 29.1 Å². The first-order chi connectivity index (χ1) is 12.4. The van der Waals surface area contributed by atoms with Crippen LogP contribution in [-0.2, 0) is 20.7 Å². The fourth-order valence-corrected chi connectivity index (χ4v) is 2.43. The normalized spacial score (nSPS) is 10.1. The zero-order valence-corrected chi connectivity index (χ0v) is 15.1. The minimum absolute atomic E-state index is 0.153. The number of amides is 1. The maximum atomic E-state index is 12.3. The minimum Gasteiger partial charge on any atom is -0.465 e. The Kier molecular flexibility index (Phi) is 6.74. The van der Waals surface area contributed by atoms with Crippen LogP contribution in [-0.4, -0.2) is 32.1 Å². The number of benzene rings is 2. The van der Waals surface area contributed by atoms with Gasteiger partial charge in [-0.25, -0.2) is 9.59 Å². The van der Waals surface area contributed by atoms with Gasteiger partial charge in [0.05, 0.1) is 31.0 Å². The molecule has 0 saturated carbocycles. The molecule has 0 saturated heterocycles. The molecule has 7 heteroatoms. The highest BCUT2D eigenvalue weighted by Gasteiger charge is 2.17. The lowest BCUT2D eigenvalue weighted by atomic mass is 10.1. The molecule has 26 heavy (non-hydrogen) atoms. The van der Waals surface area contributed by atoms with Gasteiger partial charge in [-0.2, -0.15) is 0 Å². The van der Waals surface area contributed by atoms with E-state index >= 15 is 0 Å². The van der Waals surface area contributed by atoms with Crippen LogP contribution in [0.3, 0.4) is 0 Å². The first-order valence-electron chi connectivity index (χ1n) is 7.79. The quantitative estimate of drug-likeness (QED) is 0.781. The Balaban J connectivity index is 2.14. The molecule has 6 nitrogen and oxygen atoms in total. The molecule has 2 aromatic rings. The zero-order valence-electron chi connectivity index (χ0n) is 14.4. The molecule has 0 spiro atoms. The van der Waals surface area contributed by atoms with E-state index in [9.17, 15) is 14.4 Å². The van der Waals surface area contributed by atoms with Crippen molar-refractivity contribution in [2.45, 2.75) is 12.8 Å². The van der Waals surface area contributed by atoms with Gasteiger partial charge in [-0.3, -0.25) is 4.79 Å². The SMILES string of the molecule is COC(=O)c1ccc(C(=O)OC)c(NC(=O)CCc2ccc(Cl)cc2)c1. The number of methoxy groups -OCH3 is 2. The van der Waals surface area contributed by atoms with Crippen molar-refractivity contribution in [3.05, 3.63) is 64.2 Å². The Morgan fingerprint density at radius 2 is 1.62 bits per heavy atom. The largest absolute Gasteiger partial charge is 0.465 e. The van der Waals surface area contributed by atoms with E-state index < -0.39 is 11.9 Å². The van der Waals surface area contributed by atoms with E-state index in [4.69, 9.17) is 16.3 Å². The highest BCUT2D eigenvalue weighted by molar-refractivity contribution is 6.30. The second-order valence-corrected chi connectivity index (χ2v) is 5.85. The van der Waals surface area contributed by atoms with E-state index in [0.29, 0.717) is 11.4 Å². The number of aryl methyl sites for hydroxylation is 1. The predicted molar refractivity (Wildman–Crippen MR) is 97.5 cm³/mol. The monoisotopic (exact) mass is 375 g/mol. The first-order valence-corrected chi connectivity index (χ1v) is 8.17. The number of carbonyl (C=O) groups is 3. The number of ether oxygens (including phenoxy) is 2. The van der Waals surface area contributed by atoms with Crippen molar-refractivity contribution in [3.8, 4) is 0 Å². The summed E-state index contributed by atoms with van der Waals surface area (Å²) >= 11 is 5.83. The van der Waals surface area contributed by atoms with Crippen LogP contribution in [0.25, 0.3) is 0 Å². The Morgan fingerprint density at radius 3 is 2.23 bits per heavy atom. The molecule has 0 aromatic heterocycles. The summed E-state index contributed by atoms with van der Waals surface area (Å²) in [4.78, 5) is 35.8. The molecular formula is C19H18ClNO5. The number of halogens is 1. The summed E-state index contributed by atoms with van der Waals surface area (Å²) < 4.78 is 9.37. The molecule has 0 heterocycles. The van der Waals surface area contributed by atoms with Gasteiger partial charge in [0, 0.05) is 11.4 Å². The average Bonchev–Trinajstić information content (AvgIpc) is 2.66. The Labute approximate surface area is 156 Å². The number of hydrogen-bond acceptors (Lipinski definition) is 5. The zero-order chi connectivity index (χ0) is 19.1. The maximum absolute atomic E-state index is 12.3. The van der Waals surface area contributed by atoms with Crippen molar-refractivity contribution in [3.63, 3.8) is 0 Å². The number of nitrogens with one attached hydrogen (secondary N) is 1. The molecule has 0 fully saturated rings. The summed E-state index contributed by atoms with van der Waals surface area (Å²) in [5.74, 6) is -1.49. The highest BCUT2D eigenvalue weighted by atomic mass is 35.5. The van der Waals surface area contributed by atoms with Crippen LogP contribution in [0.1, 0.15) is 32.7 Å². The van der Waals surface area contributed by atoms with Crippen LogP contribution in [0.15, 0.2) is 42.5 Å². The van der Waals surface area contributed by atoms with Gasteiger partial charge in [-0.1, -0.05) is 23.7 Å². The lowest BCUT2D eigenvalue weighted by Gasteiger charge is -2.11. The van der Waals surface area contributed by atoms with E-state index in [1.807, 2.05) is 12.1 Å². The lowest BCUT2D eigenvalue weighted by molar-refractivity contribution is -0.116. The molecule has 0 unspecified atom stereocenters. The molecule has 0 radical (unpaired) electrons. The molecule has 1 N–H and O–H groups in total. The first kappa shape index (κ1) is 19.5. The van der Waals surface area contributed by atoms with Crippen LogP contribution in [0.2, 0.25) is 5.02 Å². The fraction of sp³-hybridized carbons (Fsp3) is 0.211. The summed E-state index contributed by atoms with van der Waals surface area (Å²) in [7, 11) is 2.49. The Hall–Kier alpha value is -2.86. The second-order valence-electron chi connectivity index (χ2n) is 5.42. The number of esters is 2. The van der Waals surface area contributed by atoms with Gasteiger partial charge < -0.3 is 14.8 Å². The fourth-order valence-electron chi connectivity index (χ4n) is 2.30. The van der Waals surface area contributed by atoms with Crippen LogP contribution in [0.5, 0.6) is 0 Å². The van der Waals surface area contributed by atoms with Crippen molar-refractivity contribution in [1.29, 1.82) is 0 Å². The molecule has 0 aliphatic heterocycles. The highest BCUT2D eigenvalue weighted by Crippen LogP contribution is 2.20. The number of anilines is 1. The predicted octanol–water partition coefficient (Wildman–Crippen LogP) is 3.48.